The van der Waals surface area contributed by atoms with Gasteiger partial charge in [0.15, 0.2) is 0 Å². The van der Waals surface area contributed by atoms with Crippen LogP contribution in [0.1, 0.15) is 5.56 Å². The summed E-state index contributed by atoms with van der Waals surface area (Å²) in [5, 5.41) is 6.33. The molecular weight excluding hydrogens is 402 g/mol. The summed E-state index contributed by atoms with van der Waals surface area (Å²) in [7, 11) is -3.58. The highest BCUT2D eigenvalue weighted by Crippen LogP contribution is 2.23. The molecule has 0 unspecified atom stereocenters. The van der Waals surface area contributed by atoms with E-state index in [1.54, 1.807) is 36.4 Å². The third kappa shape index (κ3) is 4.82. The number of nitrogens with zero attached hydrogens (tertiary/aromatic N) is 1. The molecule has 2 aromatic rings. The monoisotopic (exact) mass is 423 g/mol. The number of sulfonamides is 1. The summed E-state index contributed by atoms with van der Waals surface area (Å²) in [5.41, 5.74) is 1.98. The zero-order chi connectivity index (χ0) is 20.1. The average Bonchev–Trinajstić information content (AvgIpc) is 2.71. The first-order chi connectivity index (χ1) is 13.4. The highest BCUT2D eigenvalue weighted by molar-refractivity contribution is 7.89. The van der Waals surface area contributed by atoms with Crippen LogP contribution in [-0.4, -0.2) is 51.5 Å². The molecule has 1 amide bonds. The fourth-order valence-electron chi connectivity index (χ4n) is 2.82. The van der Waals surface area contributed by atoms with Gasteiger partial charge in [-0.3, -0.25) is 4.79 Å². The molecule has 0 atom stereocenters. The maximum Gasteiger partial charge on any atom is 0.243 e. The smallest absolute Gasteiger partial charge is 0.243 e. The van der Waals surface area contributed by atoms with Gasteiger partial charge in [-0.2, -0.15) is 4.31 Å². The maximum atomic E-state index is 12.7. The number of carbonyl (C=O) groups excluding carboxylic acids is 1. The minimum Gasteiger partial charge on any atom is -0.379 e. The summed E-state index contributed by atoms with van der Waals surface area (Å²) >= 11 is 6.06. The van der Waals surface area contributed by atoms with Crippen LogP contribution in [0.25, 0.3) is 0 Å². The number of ether oxygens (including phenoxy) is 1. The second-order valence-corrected chi connectivity index (χ2v) is 8.70. The summed E-state index contributed by atoms with van der Waals surface area (Å²) < 4.78 is 32.1. The van der Waals surface area contributed by atoms with Crippen LogP contribution in [0.15, 0.2) is 47.4 Å². The first kappa shape index (κ1) is 20.6. The Kier molecular flexibility index (Phi) is 6.56. The Morgan fingerprint density at radius 2 is 1.89 bits per heavy atom. The first-order valence-electron chi connectivity index (χ1n) is 8.85. The molecule has 28 heavy (non-hydrogen) atoms. The number of rotatable bonds is 6. The highest BCUT2D eigenvalue weighted by atomic mass is 35.5. The lowest BCUT2D eigenvalue weighted by Crippen LogP contribution is -2.40. The third-order valence-corrected chi connectivity index (χ3v) is 6.74. The Morgan fingerprint density at radius 1 is 1.18 bits per heavy atom. The molecule has 0 bridgehead atoms. The van der Waals surface area contributed by atoms with Gasteiger partial charge in [-0.15, -0.1) is 0 Å². The Hall–Kier alpha value is -2.13. The Bertz CT molecular complexity index is 959. The summed E-state index contributed by atoms with van der Waals surface area (Å²) in [6.07, 6.45) is 0. The zero-order valence-corrected chi connectivity index (χ0v) is 17.0. The maximum absolute atomic E-state index is 12.7. The van der Waals surface area contributed by atoms with E-state index in [0.29, 0.717) is 42.7 Å². The fraction of sp³-hybridized carbons (Fsp3) is 0.316. The van der Waals surface area contributed by atoms with Crippen molar-refractivity contribution in [3.05, 3.63) is 53.1 Å². The van der Waals surface area contributed by atoms with Crippen molar-refractivity contribution in [2.24, 2.45) is 0 Å². The number of hydrogen-bond acceptors (Lipinski definition) is 5. The van der Waals surface area contributed by atoms with E-state index in [1.165, 1.54) is 10.4 Å². The van der Waals surface area contributed by atoms with E-state index >= 15 is 0 Å². The Labute approximate surface area is 169 Å². The van der Waals surface area contributed by atoms with Gasteiger partial charge < -0.3 is 15.4 Å². The lowest BCUT2D eigenvalue weighted by Gasteiger charge is -2.26. The van der Waals surface area contributed by atoms with Gasteiger partial charge in [-0.1, -0.05) is 23.7 Å². The van der Waals surface area contributed by atoms with Gasteiger partial charge in [0.2, 0.25) is 15.9 Å². The molecule has 1 aliphatic heterocycles. The molecule has 0 saturated carbocycles. The number of anilines is 2. The highest BCUT2D eigenvalue weighted by Gasteiger charge is 2.26. The van der Waals surface area contributed by atoms with E-state index in [2.05, 4.69) is 10.6 Å². The molecule has 2 aromatic carbocycles. The van der Waals surface area contributed by atoms with Crippen LogP contribution in [0, 0.1) is 6.92 Å². The van der Waals surface area contributed by atoms with Crippen molar-refractivity contribution in [2.75, 3.05) is 43.5 Å². The largest absolute Gasteiger partial charge is 0.379 e. The fourth-order valence-corrected chi connectivity index (χ4v) is 4.45. The topological polar surface area (TPSA) is 87.7 Å². The van der Waals surface area contributed by atoms with Crippen molar-refractivity contribution in [2.45, 2.75) is 11.8 Å². The number of halogens is 1. The van der Waals surface area contributed by atoms with Gasteiger partial charge in [0.25, 0.3) is 0 Å². The van der Waals surface area contributed by atoms with Crippen molar-refractivity contribution < 1.29 is 17.9 Å². The lowest BCUT2D eigenvalue weighted by molar-refractivity contribution is -0.114. The van der Waals surface area contributed by atoms with Gasteiger partial charge in [0, 0.05) is 29.5 Å². The van der Waals surface area contributed by atoms with Crippen LogP contribution in [0.4, 0.5) is 11.4 Å². The molecule has 2 N–H and O–H groups in total. The van der Waals surface area contributed by atoms with Gasteiger partial charge in [0.1, 0.15) is 0 Å². The van der Waals surface area contributed by atoms with Crippen molar-refractivity contribution in [1.29, 1.82) is 0 Å². The zero-order valence-electron chi connectivity index (χ0n) is 15.4. The lowest BCUT2D eigenvalue weighted by atomic mass is 10.2. The quantitative estimate of drug-likeness (QED) is 0.745. The van der Waals surface area contributed by atoms with Crippen molar-refractivity contribution >= 4 is 38.9 Å². The number of benzene rings is 2. The molecule has 1 aliphatic rings. The second-order valence-electron chi connectivity index (χ2n) is 6.36. The summed E-state index contributed by atoms with van der Waals surface area (Å²) in [5.74, 6) is -0.258. The summed E-state index contributed by atoms with van der Waals surface area (Å²) in [4.78, 5) is 12.4. The molecule has 9 heteroatoms. The second kappa shape index (κ2) is 8.91. The van der Waals surface area contributed by atoms with E-state index in [9.17, 15) is 13.2 Å². The molecule has 3 rings (SSSR count). The molecule has 1 fully saturated rings. The average molecular weight is 424 g/mol. The molecule has 1 heterocycles. The van der Waals surface area contributed by atoms with Crippen molar-refractivity contribution in [3.8, 4) is 0 Å². The molecule has 150 valence electrons. The number of morpholine rings is 1. The van der Waals surface area contributed by atoms with Crippen LogP contribution in [0.5, 0.6) is 0 Å². The SMILES string of the molecule is Cc1c(Cl)cccc1NC(=O)CNc1cccc(S(=O)(=O)N2CCOCC2)c1. The Morgan fingerprint density at radius 3 is 2.64 bits per heavy atom. The minimum atomic E-state index is -3.58. The van der Waals surface area contributed by atoms with E-state index in [-0.39, 0.29) is 17.3 Å². The van der Waals surface area contributed by atoms with Crippen molar-refractivity contribution in [1.82, 2.24) is 4.31 Å². The molecule has 0 aromatic heterocycles. The predicted molar refractivity (Wildman–Crippen MR) is 109 cm³/mol. The first-order valence-corrected chi connectivity index (χ1v) is 10.7. The van der Waals surface area contributed by atoms with Gasteiger partial charge >= 0.3 is 0 Å². The van der Waals surface area contributed by atoms with E-state index < -0.39 is 10.0 Å². The van der Waals surface area contributed by atoms with Gasteiger partial charge in [-0.25, -0.2) is 8.42 Å². The molecule has 0 spiro atoms. The number of hydrogen-bond donors (Lipinski definition) is 2. The van der Waals surface area contributed by atoms with Crippen LogP contribution >= 0.6 is 11.6 Å². The van der Waals surface area contributed by atoms with Crippen LogP contribution in [0.3, 0.4) is 0 Å². The van der Waals surface area contributed by atoms with Crippen LogP contribution < -0.4 is 10.6 Å². The summed E-state index contributed by atoms with van der Waals surface area (Å²) in [6, 6.07) is 11.7. The molecule has 1 saturated heterocycles. The van der Waals surface area contributed by atoms with E-state index in [4.69, 9.17) is 16.3 Å². The van der Waals surface area contributed by atoms with Crippen molar-refractivity contribution in [3.63, 3.8) is 0 Å². The van der Waals surface area contributed by atoms with Gasteiger partial charge in [-0.05, 0) is 42.8 Å². The van der Waals surface area contributed by atoms with E-state index in [1.807, 2.05) is 6.92 Å². The minimum absolute atomic E-state index is 0.00694. The molecule has 7 nitrogen and oxygen atoms in total. The standard InChI is InChI=1S/C19H22ClN3O4S/c1-14-17(20)6-3-7-18(14)22-19(24)13-21-15-4-2-5-16(12-15)28(25,26)23-8-10-27-11-9-23/h2-7,12,21H,8-11,13H2,1H3,(H,22,24). The third-order valence-electron chi connectivity index (χ3n) is 4.44. The summed E-state index contributed by atoms with van der Waals surface area (Å²) in [6.45, 7) is 3.27. The van der Waals surface area contributed by atoms with Crippen LogP contribution in [-0.2, 0) is 19.6 Å². The molecule has 0 aliphatic carbocycles. The number of nitrogens with one attached hydrogen (secondary N) is 2. The Balaban J connectivity index is 1.64. The number of carbonyl (C=O) groups is 1. The molecule has 0 radical (unpaired) electrons. The molecular formula is C19H22ClN3O4S. The normalized spacial score (nSPS) is 15.2. The number of amides is 1. The van der Waals surface area contributed by atoms with Crippen LogP contribution in [0.2, 0.25) is 5.02 Å². The van der Waals surface area contributed by atoms with E-state index in [0.717, 1.165) is 5.56 Å². The predicted octanol–water partition coefficient (Wildman–Crippen LogP) is 2.72. The van der Waals surface area contributed by atoms with Gasteiger partial charge in [0.05, 0.1) is 24.7 Å².